The summed E-state index contributed by atoms with van der Waals surface area (Å²) in [6.45, 7) is 1.64. The highest BCUT2D eigenvalue weighted by molar-refractivity contribution is 14.1. The second-order valence-corrected chi connectivity index (χ2v) is 3.93. The van der Waals surface area contributed by atoms with Crippen LogP contribution < -0.4 is 0 Å². The smallest absolute Gasteiger partial charge is 0.245 e. The fourth-order valence-corrected chi connectivity index (χ4v) is 2.07. The second-order valence-electron chi connectivity index (χ2n) is 2.56. The number of halogens is 4. The Morgan fingerprint density at radius 2 is 2.23 bits per heavy atom. The van der Waals surface area contributed by atoms with Crippen molar-refractivity contribution in [2.24, 2.45) is 0 Å². The Kier molecular flexibility index (Phi) is 3.85. The van der Waals surface area contributed by atoms with E-state index in [-0.39, 0.29) is 17.1 Å². The van der Waals surface area contributed by atoms with E-state index in [1.807, 2.05) is 22.6 Å². The molecule has 5 heteroatoms. The van der Waals surface area contributed by atoms with Crippen LogP contribution in [0.15, 0.2) is 6.07 Å². The molecule has 0 saturated heterocycles. The Bertz CT molecular complexity index is 317. The molecule has 0 aliphatic carbocycles. The molecule has 0 aliphatic rings. The molecule has 0 aromatic carbocycles. The molecule has 0 saturated carbocycles. The quantitative estimate of drug-likeness (QED) is 0.461. The third-order valence-electron chi connectivity index (χ3n) is 1.66. The van der Waals surface area contributed by atoms with Crippen LogP contribution in [0, 0.1) is 10.6 Å². The molecule has 0 fully saturated rings. The largest absolute Gasteiger partial charge is 0.265 e. The van der Waals surface area contributed by atoms with E-state index >= 15 is 0 Å². The Morgan fingerprint density at radius 1 is 1.62 bits per heavy atom. The van der Waals surface area contributed by atoms with Crippen LogP contribution in [0.5, 0.6) is 0 Å². The zero-order chi connectivity index (χ0) is 10.0. The van der Waals surface area contributed by atoms with Crippen LogP contribution in [-0.2, 0) is 5.88 Å². The first-order chi connectivity index (χ1) is 6.06. The summed E-state index contributed by atoms with van der Waals surface area (Å²) < 4.78 is 25.7. The molecule has 0 N–H and O–H groups in total. The molecule has 0 bridgehead atoms. The number of aryl methyl sites for hydroxylation is 1. The van der Waals surface area contributed by atoms with Gasteiger partial charge in [0.25, 0.3) is 6.43 Å². The number of nitrogens with zero attached hydrogens (tertiary/aromatic N) is 1. The Balaban J connectivity index is 3.30. The van der Waals surface area contributed by atoms with Crippen LogP contribution in [0.2, 0.25) is 0 Å². The molecule has 0 amide bonds. The molecule has 13 heavy (non-hydrogen) atoms. The number of alkyl halides is 3. The molecule has 1 nitrogen and oxygen atoms in total. The van der Waals surface area contributed by atoms with Crippen LogP contribution in [0.25, 0.3) is 0 Å². The maximum absolute atomic E-state index is 12.5. The topological polar surface area (TPSA) is 12.9 Å². The summed E-state index contributed by atoms with van der Waals surface area (Å²) in [7, 11) is 0. The summed E-state index contributed by atoms with van der Waals surface area (Å²) >= 11 is 7.50. The van der Waals surface area contributed by atoms with Crippen molar-refractivity contribution in [1.82, 2.24) is 4.98 Å². The van der Waals surface area contributed by atoms with Crippen molar-refractivity contribution in [1.29, 1.82) is 0 Å². The van der Waals surface area contributed by atoms with Crippen molar-refractivity contribution < 1.29 is 8.78 Å². The molecular weight excluding hydrogens is 310 g/mol. The van der Waals surface area contributed by atoms with Gasteiger partial charge in [0.2, 0.25) is 0 Å². The first kappa shape index (κ1) is 11.1. The number of pyridine rings is 1. The van der Waals surface area contributed by atoms with E-state index in [9.17, 15) is 8.78 Å². The van der Waals surface area contributed by atoms with E-state index in [1.54, 1.807) is 13.0 Å². The van der Waals surface area contributed by atoms with Crippen LogP contribution in [0.1, 0.15) is 23.2 Å². The van der Waals surface area contributed by atoms with Gasteiger partial charge in [-0.2, -0.15) is 0 Å². The van der Waals surface area contributed by atoms with Gasteiger partial charge in [-0.25, -0.2) is 13.8 Å². The van der Waals surface area contributed by atoms with E-state index in [0.717, 1.165) is 0 Å². The maximum Gasteiger partial charge on any atom is 0.265 e. The highest BCUT2D eigenvalue weighted by atomic mass is 127. The van der Waals surface area contributed by atoms with Gasteiger partial charge in [0.05, 0.1) is 11.6 Å². The monoisotopic (exact) mass is 317 g/mol. The fourth-order valence-electron chi connectivity index (χ4n) is 1.11. The second kappa shape index (κ2) is 4.50. The van der Waals surface area contributed by atoms with Gasteiger partial charge in [0.15, 0.2) is 0 Å². The number of hydrogen-bond donors (Lipinski definition) is 0. The molecule has 0 radical (unpaired) electrons. The summed E-state index contributed by atoms with van der Waals surface area (Å²) in [4.78, 5) is 3.95. The van der Waals surface area contributed by atoms with Crippen molar-refractivity contribution in [2.75, 3.05) is 0 Å². The van der Waals surface area contributed by atoms with E-state index in [4.69, 9.17) is 11.6 Å². The Hall–Kier alpha value is 0.0300. The van der Waals surface area contributed by atoms with Crippen LogP contribution in [-0.4, -0.2) is 4.98 Å². The predicted molar refractivity (Wildman–Crippen MR) is 56.2 cm³/mol. The summed E-state index contributed by atoms with van der Waals surface area (Å²) in [6, 6.07) is 1.62. The normalized spacial score (nSPS) is 10.9. The lowest BCUT2D eigenvalue weighted by Gasteiger charge is -2.09. The van der Waals surface area contributed by atoms with Crippen molar-refractivity contribution in [3.63, 3.8) is 0 Å². The van der Waals surface area contributed by atoms with Crippen molar-refractivity contribution in [3.8, 4) is 0 Å². The lowest BCUT2D eigenvalue weighted by atomic mass is 10.1. The third-order valence-corrected chi connectivity index (χ3v) is 2.46. The van der Waals surface area contributed by atoms with Gasteiger partial charge in [0.1, 0.15) is 3.70 Å². The highest BCUT2D eigenvalue weighted by Gasteiger charge is 2.17. The summed E-state index contributed by atoms with van der Waals surface area (Å²) in [5, 5.41) is 0. The summed E-state index contributed by atoms with van der Waals surface area (Å²) in [5.41, 5.74) is 0.793. The van der Waals surface area contributed by atoms with Gasteiger partial charge in [0, 0.05) is 5.56 Å². The number of rotatable bonds is 2. The van der Waals surface area contributed by atoms with Gasteiger partial charge < -0.3 is 0 Å². The highest BCUT2D eigenvalue weighted by Crippen LogP contribution is 2.27. The van der Waals surface area contributed by atoms with E-state index < -0.39 is 6.43 Å². The molecule has 0 aliphatic heterocycles. The zero-order valence-electron chi connectivity index (χ0n) is 6.82. The average molecular weight is 318 g/mol. The van der Waals surface area contributed by atoms with Crippen LogP contribution in [0.4, 0.5) is 8.78 Å². The zero-order valence-corrected chi connectivity index (χ0v) is 9.73. The average Bonchev–Trinajstić information content (AvgIpc) is 2.01. The molecule has 0 atom stereocenters. The summed E-state index contributed by atoms with van der Waals surface area (Å²) in [5.74, 6) is 0.0252. The van der Waals surface area contributed by atoms with Gasteiger partial charge in [-0.05, 0) is 41.1 Å². The molecule has 0 spiro atoms. The van der Waals surface area contributed by atoms with Crippen molar-refractivity contribution >= 4 is 34.2 Å². The van der Waals surface area contributed by atoms with Gasteiger partial charge in [-0.1, -0.05) is 0 Å². The summed E-state index contributed by atoms with van der Waals surface area (Å²) in [6.07, 6.45) is -2.50. The van der Waals surface area contributed by atoms with Crippen molar-refractivity contribution in [2.45, 2.75) is 19.2 Å². The Morgan fingerprint density at radius 3 is 2.69 bits per heavy atom. The minimum atomic E-state index is -2.50. The van der Waals surface area contributed by atoms with E-state index in [2.05, 4.69) is 4.98 Å². The molecule has 0 unspecified atom stereocenters. The SMILES string of the molecule is Cc1cc(I)nc(CCl)c1C(F)F. The first-order valence-corrected chi connectivity index (χ1v) is 5.17. The standard InChI is InChI=1S/C8H7ClF2IN/c1-4-2-6(12)13-5(3-9)7(4)8(10)11/h2,8H,3H2,1H3. The maximum atomic E-state index is 12.5. The van der Waals surface area contributed by atoms with Crippen LogP contribution in [0.3, 0.4) is 0 Å². The Labute approximate surface area is 93.6 Å². The van der Waals surface area contributed by atoms with Gasteiger partial charge in [-0.15, -0.1) is 11.6 Å². The molecule has 1 aromatic heterocycles. The van der Waals surface area contributed by atoms with Gasteiger partial charge >= 0.3 is 0 Å². The van der Waals surface area contributed by atoms with Crippen LogP contribution >= 0.6 is 34.2 Å². The minimum Gasteiger partial charge on any atom is -0.245 e. The number of aromatic nitrogens is 1. The van der Waals surface area contributed by atoms with E-state index in [1.165, 1.54) is 0 Å². The lowest BCUT2D eigenvalue weighted by Crippen LogP contribution is -2.01. The molecule has 1 rings (SSSR count). The molecule has 72 valence electrons. The van der Waals surface area contributed by atoms with Gasteiger partial charge in [-0.3, -0.25) is 0 Å². The van der Waals surface area contributed by atoms with E-state index in [0.29, 0.717) is 9.26 Å². The fraction of sp³-hybridized carbons (Fsp3) is 0.375. The number of hydrogen-bond acceptors (Lipinski definition) is 1. The predicted octanol–water partition coefficient (Wildman–Crippen LogP) is 3.67. The first-order valence-electron chi connectivity index (χ1n) is 3.56. The van der Waals surface area contributed by atoms with Crippen molar-refractivity contribution in [3.05, 3.63) is 26.6 Å². The molecular formula is C8H7ClF2IN. The third kappa shape index (κ3) is 2.49. The molecule has 1 heterocycles. The lowest BCUT2D eigenvalue weighted by molar-refractivity contribution is 0.149. The minimum absolute atomic E-state index is 0.0252. The molecule has 1 aromatic rings.